The normalized spacial score (nSPS) is 19.2. The van der Waals surface area contributed by atoms with E-state index in [9.17, 15) is 8.42 Å². The number of rotatable bonds is 5. The molecule has 1 saturated heterocycles. The molecule has 7 nitrogen and oxygen atoms in total. The van der Waals surface area contributed by atoms with Crippen LogP contribution in [0.1, 0.15) is 5.69 Å². The molecular weight excluding hydrogens is 256 g/mol. The summed E-state index contributed by atoms with van der Waals surface area (Å²) in [6.45, 7) is 3.91. The molecule has 0 amide bonds. The lowest BCUT2D eigenvalue weighted by atomic mass is 10.3. The Morgan fingerprint density at radius 1 is 1.33 bits per heavy atom. The third kappa shape index (κ3) is 3.29. The fourth-order valence-corrected chi connectivity index (χ4v) is 3.43. The molecule has 2 heterocycles. The van der Waals surface area contributed by atoms with Crippen molar-refractivity contribution < 1.29 is 12.9 Å². The lowest BCUT2D eigenvalue weighted by molar-refractivity contribution is 0.192. The molecule has 0 bridgehead atoms. The minimum absolute atomic E-state index is 0.0968. The zero-order valence-electron chi connectivity index (χ0n) is 10.2. The molecule has 0 radical (unpaired) electrons. The fraction of sp³-hybridized carbons (Fsp3) is 0.700. The van der Waals surface area contributed by atoms with Crippen LogP contribution >= 0.6 is 0 Å². The Balaban J connectivity index is 1.92. The zero-order valence-corrected chi connectivity index (χ0v) is 11.0. The second-order valence-electron chi connectivity index (χ2n) is 4.28. The monoisotopic (exact) mass is 274 g/mol. The minimum Gasteiger partial charge on any atom is -0.364 e. The van der Waals surface area contributed by atoms with Crippen LogP contribution in [0.5, 0.6) is 0 Å². The number of hydrogen-bond donors (Lipinski definition) is 1. The van der Waals surface area contributed by atoms with Crippen molar-refractivity contribution in [3.05, 3.63) is 18.0 Å². The number of piperazine rings is 1. The lowest BCUT2D eigenvalue weighted by Crippen LogP contribution is -2.49. The van der Waals surface area contributed by atoms with E-state index in [0.29, 0.717) is 25.3 Å². The van der Waals surface area contributed by atoms with E-state index in [4.69, 9.17) is 5.73 Å². The van der Waals surface area contributed by atoms with Gasteiger partial charge in [0.15, 0.2) is 0 Å². The predicted molar refractivity (Wildman–Crippen MR) is 66.2 cm³/mol. The van der Waals surface area contributed by atoms with Gasteiger partial charge in [0.25, 0.3) is 0 Å². The van der Waals surface area contributed by atoms with Crippen LogP contribution in [0.4, 0.5) is 0 Å². The molecule has 2 rings (SSSR count). The largest absolute Gasteiger partial charge is 0.364 e. The topological polar surface area (TPSA) is 92.7 Å². The van der Waals surface area contributed by atoms with Gasteiger partial charge in [0.1, 0.15) is 12.0 Å². The van der Waals surface area contributed by atoms with Crippen LogP contribution in [0.15, 0.2) is 16.9 Å². The summed E-state index contributed by atoms with van der Waals surface area (Å²) in [7, 11) is -3.29. The first-order valence-electron chi connectivity index (χ1n) is 5.91. The second kappa shape index (κ2) is 5.79. The number of nitrogens with two attached hydrogens (primary N) is 1. The van der Waals surface area contributed by atoms with Gasteiger partial charge in [0, 0.05) is 45.3 Å². The van der Waals surface area contributed by atoms with Crippen molar-refractivity contribution in [3.8, 4) is 0 Å². The van der Waals surface area contributed by atoms with E-state index in [2.05, 4.69) is 14.6 Å². The van der Waals surface area contributed by atoms with E-state index in [1.807, 2.05) is 0 Å². The van der Waals surface area contributed by atoms with Gasteiger partial charge in [0.05, 0.1) is 5.69 Å². The molecule has 0 unspecified atom stereocenters. The van der Waals surface area contributed by atoms with E-state index in [0.717, 1.165) is 19.6 Å². The summed E-state index contributed by atoms with van der Waals surface area (Å²) in [5.41, 5.74) is 5.92. The Kier molecular flexibility index (Phi) is 4.33. The zero-order chi connectivity index (χ0) is 13.0. The van der Waals surface area contributed by atoms with Gasteiger partial charge in [-0.1, -0.05) is 5.16 Å². The van der Waals surface area contributed by atoms with Crippen LogP contribution in [0.3, 0.4) is 0 Å². The SMILES string of the molecule is NCCN1CCN(S(=O)(=O)Cc2ccon2)CC1. The third-order valence-electron chi connectivity index (χ3n) is 2.99. The Bertz CT molecular complexity index is 451. The number of sulfonamides is 1. The Morgan fingerprint density at radius 3 is 2.61 bits per heavy atom. The number of hydrogen-bond acceptors (Lipinski definition) is 6. The number of nitrogens with zero attached hydrogens (tertiary/aromatic N) is 3. The molecule has 0 saturated carbocycles. The molecule has 0 aromatic carbocycles. The van der Waals surface area contributed by atoms with E-state index in [1.165, 1.54) is 10.6 Å². The molecule has 8 heteroatoms. The predicted octanol–water partition coefficient (Wildman–Crippen LogP) is -0.919. The highest BCUT2D eigenvalue weighted by atomic mass is 32.2. The maximum absolute atomic E-state index is 12.1. The molecule has 1 aromatic heterocycles. The minimum atomic E-state index is -3.29. The van der Waals surface area contributed by atoms with Gasteiger partial charge in [-0.3, -0.25) is 4.90 Å². The molecule has 1 aliphatic rings. The van der Waals surface area contributed by atoms with Gasteiger partial charge < -0.3 is 10.3 Å². The summed E-state index contributed by atoms with van der Waals surface area (Å²) < 4.78 is 30.4. The highest BCUT2D eigenvalue weighted by Crippen LogP contribution is 2.12. The Morgan fingerprint density at radius 2 is 2.06 bits per heavy atom. The van der Waals surface area contributed by atoms with Gasteiger partial charge in [0.2, 0.25) is 10.0 Å². The first kappa shape index (κ1) is 13.5. The summed E-state index contributed by atoms with van der Waals surface area (Å²) in [5.74, 6) is -0.0968. The molecule has 18 heavy (non-hydrogen) atoms. The van der Waals surface area contributed by atoms with E-state index >= 15 is 0 Å². The van der Waals surface area contributed by atoms with Gasteiger partial charge in [-0.2, -0.15) is 4.31 Å². The highest BCUT2D eigenvalue weighted by molar-refractivity contribution is 7.88. The van der Waals surface area contributed by atoms with Gasteiger partial charge in [-0.05, 0) is 0 Å². The van der Waals surface area contributed by atoms with Crippen LogP contribution in [0, 0.1) is 0 Å². The van der Waals surface area contributed by atoms with E-state index < -0.39 is 10.0 Å². The van der Waals surface area contributed by atoms with Crippen molar-refractivity contribution in [3.63, 3.8) is 0 Å². The molecule has 0 aliphatic carbocycles. The molecule has 2 N–H and O–H groups in total. The fourth-order valence-electron chi connectivity index (χ4n) is 2.00. The lowest BCUT2D eigenvalue weighted by Gasteiger charge is -2.33. The summed E-state index contributed by atoms with van der Waals surface area (Å²) in [6.07, 6.45) is 1.38. The van der Waals surface area contributed by atoms with Crippen molar-refractivity contribution >= 4 is 10.0 Å². The van der Waals surface area contributed by atoms with Crippen LogP contribution in [0.2, 0.25) is 0 Å². The summed E-state index contributed by atoms with van der Waals surface area (Å²) in [4.78, 5) is 2.17. The summed E-state index contributed by atoms with van der Waals surface area (Å²) in [6, 6.07) is 1.57. The van der Waals surface area contributed by atoms with Crippen molar-refractivity contribution in [1.82, 2.24) is 14.4 Å². The maximum atomic E-state index is 12.1. The summed E-state index contributed by atoms with van der Waals surface area (Å²) >= 11 is 0. The van der Waals surface area contributed by atoms with Gasteiger partial charge in [-0.15, -0.1) is 0 Å². The number of aromatic nitrogens is 1. The van der Waals surface area contributed by atoms with Crippen molar-refractivity contribution in [2.45, 2.75) is 5.75 Å². The second-order valence-corrected chi connectivity index (χ2v) is 6.25. The van der Waals surface area contributed by atoms with Crippen molar-refractivity contribution in [2.75, 3.05) is 39.3 Å². The Hall–Kier alpha value is -0.960. The van der Waals surface area contributed by atoms with Crippen LogP contribution in [0.25, 0.3) is 0 Å². The first-order chi connectivity index (χ1) is 8.62. The average molecular weight is 274 g/mol. The summed E-state index contributed by atoms with van der Waals surface area (Å²) in [5, 5.41) is 3.63. The molecule has 1 aromatic rings. The standard InChI is InChI=1S/C10H18N4O3S/c11-2-3-13-4-6-14(7-5-13)18(15,16)9-10-1-8-17-12-10/h1,8H,2-7,9,11H2. The molecule has 102 valence electrons. The van der Waals surface area contributed by atoms with Crippen molar-refractivity contribution in [1.29, 1.82) is 0 Å². The van der Waals surface area contributed by atoms with Gasteiger partial charge >= 0.3 is 0 Å². The van der Waals surface area contributed by atoms with E-state index in [1.54, 1.807) is 6.07 Å². The smallest absolute Gasteiger partial charge is 0.220 e. The van der Waals surface area contributed by atoms with Crippen LogP contribution < -0.4 is 5.73 Å². The molecule has 0 spiro atoms. The molecular formula is C10H18N4O3S. The quantitative estimate of drug-likeness (QED) is 0.746. The third-order valence-corrected chi connectivity index (χ3v) is 4.80. The van der Waals surface area contributed by atoms with Crippen LogP contribution in [-0.4, -0.2) is 62.0 Å². The Labute approximate surface area is 107 Å². The first-order valence-corrected chi connectivity index (χ1v) is 7.52. The molecule has 1 fully saturated rings. The maximum Gasteiger partial charge on any atom is 0.220 e. The highest BCUT2D eigenvalue weighted by Gasteiger charge is 2.27. The van der Waals surface area contributed by atoms with Gasteiger partial charge in [-0.25, -0.2) is 8.42 Å². The van der Waals surface area contributed by atoms with Crippen LogP contribution in [-0.2, 0) is 15.8 Å². The molecule has 0 atom stereocenters. The average Bonchev–Trinajstić information content (AvgIpc) is 2.82. The molecule has 1 aliphatic heterocycles. The van der Waals surface area contributed by atoms with E-state index in [-0.39, 0.29) is 5.75 Å². The van der Waals surface area contributed by atoms with Crippen molar-refractivity contribution in [2.24, 2.45) is 5.73 Å².